The van der Waals surface area contributed by atoms with Gasteiger partial charge in [0, 0.05) is 11.8 Å². The largest absolute Gasteiger partial charge is 0.507 e. The van der Waals surface area contributed by atoms with Gasteiger partial charge >= 0.3 is 12.0 Å². The Hall–Kier alpha value is -3.75. The zero-order chi connectivity index (χ0) is 20.1. The van der Waals surface area contributed by atoms with Gasteiger partial charge in [0.15, 0.2) is 18.1 Å². The summed E-state index contributed by atoms with van der Waals surface area (Å²) in [5.41, 5.74) is 0.836. The van der Waals surface area contributed by atoms with Crippen molar-refractivity contribution in [2.75, 3.05) is 25.1 Å². The second-order valence-electron chi connectivity index (χ2n) is 5.91. The maximum Gasteiger partial charge on any atom is 0.342 e. The summed E-state index contributed by atoms with van der Waals surface area (Å²) < 4.78 is 15.6. The van der Waals surface area contributed by atoms with Gasteiger partial charge < -0.3 is 24.6 Å². The third-order valence-corrected chi connectivity index (χ3v) is 3.85. The number of aryl methyl sites for hydroxylation is 1. The molecule has 9 heteroatoms. The smallest absolute Gasteiger partial charge is 0.342 e. The van der Waals surface area contributed by atoms with E-state index in [0.717, 1.165) is 0 Å². The van der Waals surface area contributed by atoms with Crippen LogP contribution in [-0.2, 0) is 9.53 Å². The Morgan fingerprint density at radius 2 is 1.86 bits per heavy atom. The number of phenolic OH excluding ortho intramolecular Hbond substituents is 1. The van der Waals surface area contributed by atoms with E-state index in [4.69, 9.17) is 14.2 Å². The minimum absolute atomic E-state index is 0.0615. The SMILES string of the molecule is Cc1cccc(C(=O)OCC(=O)NC(=O)Nc2ccc3c(c2)OCCO3)c1O. The molecule has 0 unspecified atom stereocenters. The van der Waals surface area contributed by atoms with Gasteiger partial charge in [0.05, 0.1) is 0 Å². The van der Waals surface area contributed by atoms with Crippen LogP contribution in [0.1, 0.15) is 15.9 Å². The van der Waals surface area contributed by atoms with Gasteiger partial charge in [0.1, 0.15) is 24.5 Å². The summed E-state index contributed by atoms with van der Waals surface area (Å²) in [6, 6.07) is 8.58. The van der Waals surface area contributed by atoms with Crippen molar-refractivity contribution in [3.05, 3.63) is 47.5 Å². The van der Waals surface area contributed by atoms with E-state index in [1.807, 2.05) is 5.32 Å². The average Bonchev–Trinajstić information content (AvgIpc) is 2.68. The number of fused-ring (bicyclic) bond motifs is 1. The number of aromatic hydroxyl groups is 1. The third kappa shape index (κ3) is 4.50. The van der Waals surface area contributed by atoms with Gasteiger partial charge in [-0.05, 0) is 30.7 Å². The highest BCUT2D eigenvalue weighted by atomic mass is 16.6. The number of carbonyl (C=O) groups excluding carboxylic acids is 3. The highest BCUT2D eigenvalue weighted by Gasteiger charge is 2.17. The molecular weight excluding hydrogens is 368 g/mol. The summed E-state index contributed by atoms with van der Waals surface area (Å²) >= 11 is 0. The van der Waals surface area contributed by atoms with Gasteiger partial charge in [-0.2, -0.15) is 0 Å². The molecule has 28 heavy (non-hydrogen) atoms. The molecule has 0 spiro atoms. The molecule has 0 fully saturated rings. The molecule has 3 N–H and O–H groups in total. The van der Waals surface area contributed by atoms with Crippen molar-refractivity contribution in [3.63, 3.8) is 0 Å². The molecule has 0 aliphatic carbocycles. The van der Waals surface area contributed by atoms with Crippen LogP contribution in [-0.4, -0.2) is 42.8 Å². The van der Waals surface area contributed by atoms with Crippen LogP contribution in [0.4, 0.5) is 10.5 Å². The fraction of sp³-hybridized carbons (Fsp3) is 0.211. The van der Waals surface area contributed by atoms with Crippen molar-refractivity contribution in [1.29, 1.82) is 0 Å². The second-order valence-corrected chi connectivity index (χ2v) is 5.91. The lowest BCUT2D eigenvalue weighted by Crippen LogP contribution is -2.37. The van der Waals surface area contributed by atoms with Crippen molar-refractivity contribution in [3.8, 4) is 17.2 Å². The number of esters is 1. The summed E-state index contributed by atoms with van der Waals surface area (Å²) in [5, 5.41) is 14.4. The Balaban J connectivity index is 1.50. The fourth-order valence-electron chi connectivity index (χ4n) is 2.48. The number of ether oxygens (including phenoxy) is 3. The molecule has 0 saturated carbocycles. The zero-order valence-corrected chi connectivity index (χ0v) is 15.0. The molecule has 1 heterocycles. The Bertz CT molecular complexity index is 926. The number of benzene rings is 2. The lowest BCUT2D eigenvalue weighted by Gasteiger charge is -2.19. The van der Waals surface area contributed by atoms with E-state index < -0.39 is 24.5 Å². The van der Waals surface area contributed by atoms with Crippen LogP contribution >= 0.6 is 0 Å². The van der Waals surface area contributed by atoms with Gasteiger partial charge in [-0.3, -0.25) is 10.1 Å². The highest BCUT2D eigenvalue weighted by molar-refractivity contribution is 6.02. The topological polar surface area (TPSA) is 123 Å². The number of para-hydroxylation sites is 1. The number of amides is 3. The van der Waals surface area contributed by atoms with Crippen molar-refractivity contribution in [2.45, 2.75) is 6.92 Å². The molecule has 146 valence electrons. The molecule has 3 rings (SSSR count). The summed E-state index contributed by atoms with van der Waals surface area (Å²) in [6.07, 6.45) is 0. The molecule has 9 nitrogen and oxygen atoms in total. The Morgan fingerprint density at radius 3 is 2.64 bits per heavy atom. The van der Waals surface area contributed by atoms with Gasteiger partial charge in [-0.1, -0.05) is 12.1 Å². The first-order chi connectivity index (χ1) is 13.4. The van der Waals surface area contributed by atoms with Crippen LogP contribution in [0.25, 0.3) is 0 Å². The maximum atomic E-state index is 11.9. The van der Waals surface area contributed by atoms with Crippen LogP contribution in [0, 0.1) is 6.92 Å². The van der Waals surface area contributed by atoms with Crippen molar-refractivity contribution >= 4 is 23.6 Å². The van der Waals surface area contributed by atoms with Crippen molar-refractivity contribution in [1.82, 2.24) is 5.32 Å². The number of hydrogen-bond donors (Lipinski definition) is 3. The van der Waals surface area contributed by atoms with Crippen LogP contribution in [0.2, 0.25) is 0 Å². The Morgan fingerprint density at radius 1 is 1.11 bits per heavy atom. The van der Waals surface area contributed by atoms with E-state index in [1.54, 1.807) is 37.3 Å². The molecule has 0 bridgehead atoms. The molecule has 0 radical (unpaired) electrons. The predicted molar refractivity (Wildman–Crippen MR) is 97.7 cm³/mol. The van der Waals surface area contributed by atoms with Gasteiger partial charge in [0.25, 0.3) is 5.91 Å². The van der Waals surface area contributed by atoms with Crippen LogP contribution in [0.3, 0.4) is 0 Å². The van der Waals surface area contributed by atoms with Crippen LogP contribution < -0.4 is 20.1 Å². The summed E-state index contributed by atoms with van der Waals surface area (Å²) in [6.45, 7) is 1.80. The molecule has 1 aliphatic heterocycles. The molecular formula is C19H18N2O7. The molecule has 2 aromatic carbocycles. The lowest BCUT2D eigenvalue weighted by atomic mass is 10.1. The van der Waals surface area contributed by atoms with E-state index in [1.165, 1.54) is 6.07 Å². The number of phenols is 1. The van der Waals surface area contributed by atoms with E-state index >= 15 is 0 Å². The highest BCUT2D eigenvalue weighted by Crippen LogP contribution is 2.32. The second kappa shape index (κ2) is 8.30. The monoisotopic (exact) mass is 386 g/mol. The van der Waals surface area contributed by atoms with Crippen LogP contribution in [0.5, 0.6) is 17.2 Å². The normalized spacial score (nSPS) is 12.0. The summed E-state index contributed by atoms with van der Waals surface area (Å²) in [4.78, 5) is 35.7. The van der Waals surface area contributed by atoms with Crippen molar-refractivity contribution < 1.29 is 33.7 Å². The van der Waals surface area contributed by atoms with Crippen molar-refractivity contribution in [2.24, 2.45) is 0 Å². The third-order valence-electron chi connectivity index (χ3n) is 3.85. The Kier molecular flexibility index (Phi) is 5.64. The predicted octanol–water partition coefficient (Wildman–Crippen LogP) is 1.98. The molecule has 0 saturated heterocycles. The minimum Gasteiger partial charge on any atom is -0.507 e. The first kappa shape index (κ1) is 19.0. The molecule has 1 aliphatic rings. The van der Waals surface area contributed by atoms with E-state index in [2.05, 4.69) is 5.32 Å². The quantitative estimate of drug-likeness (QED) is 0.687. The number of rotatable bonds is 4. The molecule has 0 aromatic heterocycles. The van der Waals surface area contributed by atoms with Gasteiger partial charge in [-0.15, -0.1) is 0 Å². The summed E-state index contributed by atoms with van der Waals surface area (Å²) in [5.74, 6) is -0.856. The zero-order valence-electron chi connectivity index (χ0n) is 15.0. The first-order valence-corrected chi connectivity index (χ1v) is 8.40. The number of imide groups is 1. The summed E-state index contributed by atoms with van der Waals surface area (Å²) in [7, 11) is 0. The van der Waals surface area contributed by atoms with Gasteiger partial charge in [0.2, 0.25) is 0 Å². The number of anilines is 1. The van der Waals surface area contributed by atoms with Gasteiger partial charge in [-0.25, -0.2) is 9.59 Å². The minimum atomic E-state index is -0.872. The Labute approximate surface area is 160 Å². The van der Waals surface area contributed by atoms with E-state index in [0.29, 0.717) is 36.0 Å². The average molecular weight is 386 g/mol. The lowest BCUT2D eigenvalue weighted by molar-refractivity contribution is -0.123. The first-order valence-electron chi connectivity index (χ1n) is 8.40. The van der Waals surface area contributed by atoms with Crippen LogP contribution in [0.15, 0.2) is 36.4 Å². The van der Waals surface area contributed by atoms with E-state index in [9.17, 15) is 19.5 Å². The number of carbonyl (C=O) groups is 3. The molecule has 2 aromatic rings. The van der Waals surface area contributed by atoms with E-state index in [-0.39, 0.29) is 11.3 Å². The molecule has 3 amide bonds. The molecule has 0 atom stereocenters. The number of urea groups is 1. The maximum absolute atomic E-state index is 11.9. The number of nitrogens with one attached hydrogen (secondary N) is 2. The fourth-order valence-corrected chi connectivity index (χ4v) is 2.48. The standard InChI is InChI=1S/C19H18N2O7/c1-11-3-2-4-13(17(11)23)18(24)28-10-16(22)21-19(25)20-12-5-6-14-15(9-12)27-8-7-26-14/h2-6,9,23H,7-8,10H2,1H3,(H2,20,21,22,25). The number of hydrogen-bond acceptors (Lipinski definition) is 7.